The molecule has 10 heteroatoms. The van der Waals surface area contributed by atoms with Gasteiger partial charge in [0, 0.05) is 13.2 Å². The van der Waals surface area contributed by atoms with Crippen molar-refractivity contribution in [3.05, 3.63) is 0 Å². The molecule has 6 N–H and O–H groups in total. The van der Waals surface area contributed by atoms with Crippen molar-refractivity contribution in [3.8, 4) is 0 Å². The molecule has 1 rings (SSSR count). The lowest BCUT2D eigenvalue weighted by atomic mass is 10.1. The van der Waals surface area contributed by atoms with E-state index in [-0.39, 0.29) is 25.6 Å². The van der Waals surface area contributed by atoms with Crippen LogP contribution in [0.2, 0.25) is 0 Å². The molecule has 1 saturated heterocycles. The monoisotopic (exact) mass is 393 g/mol. The number of hydrogen-bond acceptors (Lipinski definition) is 8. The Morgan fingerprint density at radius 2 is 2.04 bits per heavy atom. The summed E-state index contributed by atoms with van der Waals surface area (Å²) < 4.78 is 10.6. The average molecular weight is 393 g/mol. The number of nitrogens with two attached hydrogens (primary N) is 1. The van der Waals surface area contributed by atoms with Crippen molar-refractivity contribution in [2.24, 2.45) is 5.73 Å². The van der Waals surface area contributed by atoms with E-state index in [9.17, 15) is 14.7 Å². The summed E-state index contributed by atoms with van der Waals surface area (Å²) in [6, 6.07) is 0. The maximum atomic E-state index is 11.5. The Kier molecular flexibility index (Phi) is 14.0. The largest absolute Gasteiger partial charge is 0.391 e. The van der Waals surface area contributed by atoms with Crippen molar-refractivity contribution in [2.75, 3.05) is 39.9 Å². The molecular weight excluding hydrogens is 358 g/mol. The van der Waals surface area contributed by atoms with Gasteiger partial charge in [0.05, 0.1) is 31.9 Å². The zero-order chi connectivity index (χ0) is 20.8. The Morgan fingerprint density at radius 1 is 1.37 bits per heavy atom. The third-order valence-corrected chi connectivity index (χ3v) is 3.76. The van der Waals surface area contributed by atoms with Crippen molar-refractivity contribution in [1.82, 2.24) is 10.2 Å². The number of carbonyl (C=O) groups is 2. The molecule has 27 heavy (non-hydrogen) atoms. The van der Waals surface area contributed by atoms with Crippen molar-refractivity contribution in [1.29, 1.82) is 0 Å². The summed E-state index contributed by atoms with van der Waals surface area (Å²) in [5.74, 6) is -0.700. The standard InChI is InChI=1S/C12H23N3O5.C5H12O2/c1-15(7-10(13)17)8-11(18)14-4-6-20-12-9(16)3-2-5-19-12;1-3-5(7)4(2)6/h9,12,16H,2-8H2,1H3,(H2,13,17)(H,14,18);4-7H,3H2,1-2H3. The minimum atomic E-state index is -0.613. The van der Waals surface area contributed by atoms with Crippen LogP contribution in [0, 0.1) is 0 Å². The van der Waals surface area contributed by atoms with E-state index in [1.165, 1.54) is 4.90 Å². The van der Waals surface area contributed by atoms with E-state index in [1.54, 1.807) is 14.0 Å². The lowest BCUT2D eigenvalue weighted by Crippen LogP contribution is -2.41. The summed E-state index contributed by atoms with van der Waals surface area (Å²) in [5.41, 5.74) is 5.02. The first-order valence-electron chi connectivity index (χ1n) is 9.18. The summed E-state index contributed by atoms with van der Waals surface area (Å²) in [6.07, 6.45) is -0.236. The zero-order valence-corrected chi connectivity index (χ0v) is 16.5. The first kappa shape index (κ1) is 25.7. The Bertz CT molecular complexity index is 423. The van der Waals surface area contributed by atoms with Gasteiger partial charge in [0.1, 0.15) is 6.10 Å². The highest BCUT2D eigenvalue weighted by atomic mass is 16.7. The number of aliphatic hydroxyl groups excluding tert-OH is 3. The lowest BCUT2D eigenvalue weighted by molar-refractivity contribution is -0.213. The minimum absolute atomic E-state index is 0.0338. The van der Waals surface area contributed by atoms with Crippen LogP contribution in [0.15, 0.2) is 0 Å². The SMILES string of the molecule is CCC(O)C(C)O.CN(CC(N)=O)CC(=O)NCCOC1OCCCC1O. The van der Waals surface area contributed by atoms with Crippen LogP contribution in [-0.2, 0) is 19.1 Å². The molecule has 1 aliphatic rings. The van der Waals surface area contributed by atoms with Crippen LogP contribution in [0.4, 0.5) is 0 Å². The number of ether oxygens (including phenoxy) is 2. The van der Waals surface area contributed by atoms with Crippen molar-refractivity contribution in [3.63, 3.8) is 0 Å². The molecule has 0 saturated carbocycles. The molecular formula is C17H35N3O7. The predicted octanol–water partition coefficient (Wildman–Crippen LogP) is -1.83. The molecule has 0 aliphatic carbocycles. The minimum Gasteiger partial charge on any atom is -0.391 e. The van der Waals surface area contributed by atoms with E-state index in [1.807, 2.05) is 6.92 Å². The number of aliphatic hydroxyl groups is 3. The Labute approximate surface area is 160 Å². The lowest BCUT2D eigenvalue weighted by Gasteiger charge is -2.27. The Balaban J connectivity index is 0.000000821. The maximum Gasteiger partial charge on any atom is 0.234 e. The molecule has 1 aliphatic heterocycles. The Morgan fingerprint density at radius 3 is 2.52 bits per heavy atom. The quantitative estimate of drug-likeness (QED) is 0.272. The van der Waals surface area contributed by atoms with Crippen LogP contribution >= 0.6 is 0 Å². The summed E-state index contributed by atoms with van der Waals surface area (Å²) in [7, 11) is 1.63. The number of rotatable bonds is 10. The molecule has 0 bridgehead atoms. The molecule has 1 fully saturated rings. The predicted molar refractivity (Wildman–Crippen MR) is 98.6 cm³/mol. The van der Waals surface area contributed by atoms with E-state index < -0.39 is 30.5 Å². The van der Waals surface area contributed by atoms with Crippen LogP contribution in [0.25, 0.3) is 0 Å². The van der Waals surface area contributed by atoms with Crippen LogP contribution < -0.4 is 11.1 Å². The number of nitrogens with zero attached hydrogens (tertiary/aromatic N) is 1. The van der Waals surface area contributed by atoms with E-state index in [0.717, 1.165) is 6.42 Å². The van der Waals surface area contributed by atoms with Crippen molar-refractivity contribution < 1.29 is 34.4 Å². The molecule has 2 amide bonds. The number of carbonyl (C=O) groups excluding carboxylic acids is 2. The van der Waals surface area contributed by atoms with Gasteiger partial charge in [-0.3, -0.25) is 14.5 Å². The van der Waals surface area contributed by atoms with E-state index >= 15 is 0 Å². The smallest absolute Gasteiger partial charge is 0.234 e. The molecule has 4 atom stereocenters. The molecule has 0 spiro atoms. The van der Waals surface area contributed by atoms with Gasteiger partial charge in [-0.15, -0.1) is 0 Å². The van der Waals surface area contributed by atoms with Crippen molar-refractivity contribution >= 4 is 11.8 Å². The van der Waals surface area contributed by atoms with Crippen molar-refractivity contribution in [2.45, 2.75) is 57.7 Å². The molecule has 1 heterocycles. The third kappa shape index (κ3) is 13.5. The van der Waals surface area contributed by atoms with Gasteiger partial charge in [0.25, 0.3) is 0 Å². The molecule has 0 aromatic heterocycles. The highest BCUT2D eigenvalue weighted by Crippen LogP contribution is 2.14. The highest BCUT2D eigenvalue weighted by molar-refractivity contribution is 5.80. The first-order valence-corrected chi connectivity index (χ1v) is 9.18. The summed E-state index contributed by atoms with van der Waals surface area (Å²) in [6.45, 7) is 4.68. The number of nitrogens with one attached hydrogen (secondary N) is 1. The van der Waals surface area contributed by atoms with Gasteiger partial charge in [-0.05, 0) is 33.2 Å². The molecule has 10 nitrogen and oxygen atoms in total. The van der Waals surface area contributed by atoms with Gasteiger partial charge >= 0.3 is 0 Å². The van der Waals surface area contributed by atoms with Crippen LogP contribution in [0.3, 0.4) is 0 Å². The number of primary amides is 1. The van der Waals surface area contributed by atoms with Gasteiger partial charge in [0.15, 0.2) is 6.29 Å². The molecule has 160 valence electrons. The molecule has 0 aromatic rings. The fraction of sp³-hybridized carbons (Fsp3) is 0.882. The van der Waals surface area contributed by atoms with Crippen LogP contribution in [0.5, 0.6) is 0 Å². The first-order chi connectivity index (χ1) is 12.7. The second-order valence-electron chi connectivity index (χ2n) is 6.52. The van der Waals surface area contributed by atoms with Gasteiger partial charge in [-0.2, -0.15) is 0 Å². The molecule has 0 radical (unpaired) electrons. The molecule has 0 aromatic carbocycles. The van der Waals surface area contributed by atoms with Gasteiger partial charge in [-0.25, -0.2) is 0 Å². The van der Waals surface area contributed by atoms with Crippen LogP contribution in [0.1, 0.15) is 33.1 Å². The van der Waals surface area contributed by atoms with E-state index in [2.05, 4.69) is 5.32 Å². The Hall–Kier alpha value is -1.30. The average Bonchev–Trinajstić information content (AvgIpc) is 2.59. The van der Waals surface area contributed by atoms with E-state index in [0.29, 0.717) is 26.0 Å². The number of hydrogen-bond donors (Lipinski definition) is 5. The summed E-state index contributed by atoms with van der Waals surface area (Å²) in [5, 5.41) is 29.5. The third-order valence-electron chi connectivity index (χ3n) is 3.76. The van der Waals surface area contributed by atoms with Crippen LogP contribution in [-0.4, -0.2) is 96.5 Å². The normalized spacial score (nSPS) is 21.7. The van der Waals surface area contributed by atoms with E-state index in [4.69, 9.17) is 25.4 Å². The second-order valence-corrected chi connectivity index (χ2v) is 6.52. The summed E-state index contributed by atoms with van der Waals surface area (Å²) in [4.78, 5) is 23.7. The maximum absolute atomic E-state index is 11.5. The van der Waals surface area contributed by atoms with Gasteiger partial charge in [0.2, 0.25) is 11.8 Å². The molecule has 4 unspecified atom stereocenters. The fourth-order valence-corrected chi connectivity index (χ4v) is 2.23. The second kappa shape index (κ2) is 14.7. The number of amides is 2. The van der Waals surface area contributed by atoms with Gasteiger partial charge < -0.3 is 35.8 Å². The highest BCUT2D eigenvalue weighted by Gasteiger charge is 2.24. The topological polar surface area (TPSA) is 155 Å². The summed E-state index contributed by atoms with van der Waals surface area (Å²) >= 11 is 0. The fourth-order valence-electron chi connectivity index (χ4n) is 2.23. The van der Waals surface area contributed by atoms with Gasteiger partial charge in [-0.1, -0.05) is 6.92 Å². The number of likely N-dealkylation sites (N-methyl/N-ethyl adjacent to an activating group) is 1. The zero-order valence-electron chi connectivity index (χ0n) is 16.5.